The van der Waals surface area contributed by atoms with E-state index in [2.05, 4.69) is 38.3 Å². The number of nitrogens with one attached hydrogen (secondary N) is 2. The van der Waals surface area contributed by atoms with Gasteiger partial charge in [0.15, 0.2) is 0 Å². The molecule has 3 atom stereocenters. The Labute approximate surface area is 184 Å². The molecular formula is C23H23N9. The van der Waals surface area contributed by atoms with Crippen molar-refractivity contribution in [1.29, 1.82) is 5.26 Å². The van der Waals surface area contributed by atoms with Gasteiger partial charge in [0.2, 0.25) is 0 Å². The molecule has 0 saturated carbocycles. The van der Waals surface area contributed by atoms with Crippen LogP contribution in [0.1, 0.15) is 12.5 Å². The Balaban J connectivity index is 1.40. The third-order valence-electron chi connectivity index (χ3n) is 6.66. The van der Waals surface area contributed by atoms with E-state index in [1.807, 2.05) is 37.6 Å². The van der Waals surface area contributed by atoms with E-state index in [4.69, 9.17) is 10.7 Å². The van der Waals surface area contributed by atoms with Crippen LogP contribution in [-0.2, 0) is 7.05 Å². The van der Waals surface area contributed by atoms with Crippen molar-refractivity contribution in [2.24, 2.45) is 12.8 Å². The van der Waals surface area contributed by atoms with E-state index in [0.29, 0.717) is 11.6 Å². The minimum atomic E-state index is -0.275. The lowest BCUT2D eigenvalue weighted by atomic mass is 9.85. The number of H-pyrrole nitrogens is 1. The van der Waals surface area contributed by atoms with Crippen LogP contribution in [-0.4, -0.2) is 55.4 Å². The molecular weight excluding hydrogens is 402 g/mol. The smallest absolute Gasteiger partial charge is 0.138 e. The molecule has 6 rings (SSSR count). The molecule has 4 N–H and O–H groups in total. The van der Waals surface area contributed by atoms with Crippen molar-refractivity contribution in [2.45, 2.75) is 24.5 Å². The number of rotatable bonds is 3. The molecule has 2 aliphatic heterocycles. The highest BCUT2D eigenvalue weighted by molar-refractivity contribution is 5.98. The summed E-state index contributed by atoms with van der Waals surface area (Å²) in [6.45, 7) is 3.80. The molecule has 2 aliphatic rings. The zero-order valence-corrected chi connectivity index (χ0v) is 17.9. The Morgan fingerprint density at radius 1 is 1.22 bits per heavy atom. The van der Waals surface area contributed by atoms with Gasteiger partial charge in [0, 0.05) is 72.4 Å². The number of pyridine rings is 2. The Morgan fingerprint density at radius 2 is 2.09 bits per heavy atom. The Hall–Kier alpha value is -3.74. The molecule has 6 heterocycles. The third-order valence-corrected chi connectivity index (χ3v) is 6.66. The lowest BCUT2D eigenvalue weighted by molar-refractivity contribution is 0.319. The Bertz CT molecular complexity index is 1370. The molecule has 4 aromatic rings. The number of aryl methyl sites for hydroxylation is 1. The summed E-state index contributed by atoms with van der Waals surface area (Å²) in [6, 6.07) is 9.01. The van der Waals surface area contributed by atoms with E-state index in [-0.39, 0.29) is 11.6 Å². The molecule has 0 aromatic carbocycles. The van der Waals surface area contributed by atoms with Crippen LogP contribution in [0.4, 0.5) is 5.82 Å². The van der Waals surface area contributed by atoms with Crippen LogP contribution >= 0.6 is 0 Å². The summed E-state index contributed by atoms with van der Waals surface area (Å²) < 4.78 is 1.76. The second kappa shape index (κ2) is 6.63. The molecule has 0 amide bonds. The van der Waals surface area contributed by atoms with Crippen LogP contribution in [0.25, 0.3) is 33.4 Å². The monoisotopic (exact) mass is 425 g/mol. The van der Waals surface area contributed by atoms with Crippen LogP contribution in [0.3, 0.4) is 0 Å². The first-order chi connectivity index (χ1) is 15.4. The average molecular weight is 426 g/mol. The van der Waals surface area contributed by atoms with E-state index in [1.54, 1.807) is 17.1 Å². The zero-order valence-electron chi connectivity index (χ0n) is 17.9. The summed E-state index contributed by atoms with van der Waals surface area (Å²) in [7, 11) is 1.88. The summed E-state index contributed by atoms with van der Waals surface area (Å²) >= 11 is 0. The first-order valence-electron chi connectivity index (χ1n) is 10.6. The van der Waals surface area contributed by atoms with Gasteiger partial charge < -0.3 is 20.9 Å². The minimum absolute atomic E-state index is 0.245. The zero-order chi connectivity index (χ0) is 22.0. The van der Waals surface area contributed by atoms with Crippen molar-refractivity contribution in [3.8, 4) is 28.5 Å². The lowest BCUT2D eigenvalue weighted by Crippen LogP contribution is -2.69. The van der Waals surface area contributed by atoms with Crippen molar-refractivity contribution in [2.75, 3.05) is 18.0 Å². The molecule has 2 fully saturated rings. The van der Waals surface area contributed by atoms with Crippen molar-refractivity contribution >= 4 is 16.9 Å². The summed E-state index contributed by atoms with van der Waals surface area (Å²) in [5, 5.41) is 18.4. The average Bonchev–Trinajstić information content (AvgIpc) is 3.43. The molecule has 0 bridgehead atoms. The molecule has 0 unspecified atom stereocenters. The van der Waals surface area contributed by atoms with Crippen LogP contribution in [0.5, 0.6) is 0 Å². The van der Waals surface area contributed by atoms with E-state index in [9.17, 15) is 5.26 Å². The van der Waals surface area contributed by atoms with E-state index < -0.39 is 0 Å². The molecule has 0 aliphatic carbocycles. The fourth-order valence-electron chi connectivity index (χ4n) is 5.08. The fraction of sp³-hybridized carbons (Fsp3) is 0.304. The highest BCUT2D eigenvalue weighted by atomic mass is 15.4. The Kier molecular flexibility index (Phi) is 3.93. The van der Waals surface area contributed by atoms with Gasteiger partial charge in [-0.25, -0.2) is 9.97 Å². The predicted molar refractivity (Wildman–Crippen MR) is 122 cm³/mol. The van der Waals surface area contributed by atoms with Gasteiger partial charge in [-0.05, 0) is 25.1 Å². The van der Waals surface area contributed by atoms with Gasteiger partial charge in [-0.3, -0.25) is 4.68 Å². The highest BCUT2D eigenvalue weighted by Gasteiger charge is 2.53. The number of fused-ring (bicyclic) bond motifs is 2. The number of hydrogen-bond acceptors (Lipinski definition) is 7. The molecule has 0 spiro atoms. The molecule has 9 heteroatoms. The van der Waals surface area contributed by atoms with Crippen LogP contribution in [0, 0.1) is 11.3 Å². The van der Waals surface area contributed by atoms with Crippen molar-refractivity contribution in [3.63, 3.8) is 0 Å². The fourth-order valence-corrected chi connectivity index (χ4v) is 5.08. The standard InChI is InChI=1S/C23H23N9/c1-23(25)12-28-18-11-32(21(18)23)19-4-3-13(7-26-19)20-14(6-24)8-27-22-16(20)5-17(30-22)15-9-29-31(2)10-15/h3-5,7-10,18,21,28H,11-12,25H2,1-2H3,(H,27,30)/t18-,21+,23-/m0/s1. The van der Waals surface area contributed by atoms with Crippen LogP contribution in [0.15, 0.2) is 43.0 Å². The largest absolute Gasteiger partial charge is 0.348 e. The maximum atomic E-state index is 9.75. The van der Waals surface area contributed by atoms with Crippen molar-refractivity contribution in [3.05, 3.63) is 48.5 Å². The van der Waals surface area contributed by atoms with E-state index in [0.717, 1.165) is 52.3 Å². The topological polar surface area (TPSA) is 124 Å². The minimum Gasteiger partial charge on any atom is -0.348 e. The van der Waals surface area contributed by atoms with Gasteiger partial charge in [0.1, 0.15) is 17.5 Å². The third kappa shape index (κ3) is 2.74. The molecule has 9 nitrogen and oxygen atoms in total. The van der Waals surface area contributed by atoms with E-state index >= 15 is 0 Å². The van der Waals surface area contributed by atoms with E-state index in [1.165, 1.54) is 0 Å². The number of anilines is 1. The maximum Gasteiger partial charge on any atom is 0.138 e. The summed E-state index contributed by atoms with van der Waals surface area (Å²) in [4.78, 5) is 14.8. The molecule has 4 aromatic heterocycles. The van der Waals surface area contributed by atoms with Gasteiger partial charge in [0.25, 0.3) is 0 Å². The second-order valence-corrected chi connectivity index (χ2v) is 9.00. The summed E-state index contributed by atoms with van der Waals surface area (Å²) in [6.07, 6.45) is 7.19. The number of aromatic amines is 1. The van der Waals surface area contributed by atoms with Crippen LogP contribution in [0.2, 0.25) is 0 Å². The second-order valence-electron chi connectivity index (χ2n) is 9.00. The number of nitriles is 1. The first kappa shape index (κ1) is 19.0. The molecule has 32 heavy (non-hydrogen) atoms. The molecule has 2 saturated heterocycles. The van der Waals surface area contributed by atoms with Gasteiger partial charge in [-0.1, -0.05) is 0 Å². The lowest BCUT2D eigenvalue weighted by Gasteiger charge is -2.49. The highest BCUT2D eigenvalue weighted by Crippen LogP contribution is 2.37. The van der Waals surface area contributed by atoms with Crippen molar-refractivity contribution in [1.82, 2.24) is 30.0 Å². The number of hydrogen-bond donors (Lipinski definition) is 3. The van der Waals surface area contributed by atoms with Crippen LogP contribution < -0.4 is 16.0 Å². The summed E-state index contributed by atoms with van der Waals surface area (Å²) in [5.41, 5.74) is 11.0. The summed E-state index contributed by atoms with van der Waals surface area (Å²) in [5.74, 6) is 0.907. The molecule has 160 valence electrons. The quantitative estimate of drug-likeness (QED) is 0.457. The SMILES string of the molecule is Cn1cc(-c2cc3c(-c4ccc(N5C[C@@H]6NC[C@](C)(N)[C@@H]65)nc4)c(C#N)cnc3[nH]2)cn1. The molecule has 0 radical (unpaired) electrons. The van der Waals surface area contributed by atoms with Gasteiger partial charge in [-0.2, -0.15) is 10.4 Å². The number of aromatic nitrogens is 5. The van der Waals surface area contributed by atoms with Gasteiger partial charge in [0.05, 0.1) is 23.5 Å². The first-order valence-corrected chi connectivity index (χ1v) is 10.6. The van der Waals surface area contributed by atoms with Gasteiger partial charge >= 0.3 is 0 Å². The maximum absolute atomic E-state index is 9.75. The van der Waals surface area contributed by atoms with Gasteiger partial charge in [-0.15, -0.1) is 0 Å². The predicted octanol–water partition coefficient (Wildman–Crippen LogP) is 1.77. The number of nitrogens with two attached hydrogens (primary N) is 1. The normalized spacial score (nSPS) is 24.4. The number of nitrogens with zero attached hydrogens (tertiary/aromatic N) is 6. The van der Waals surface area contributed by atoms with Crippen molar-refractivity contribution < 1.29 is 0 Å². The Morgan fingerprint density at radius 3 is 2.78 bits per heavy atom.